The Morgan fingerprint density at radius 3 is 2.87 bits per heavy atom. The van der Waals surface area contributed by atoms with E-state index in [0.717, 1.165) is 45.2 Å². The topological polar surface area (TPSA) is 46.1 Å². The molecule has 5 nitrogen and oxygen atoms in total. The monoisotopic (exact) mass is 319 g/mol. The van der Waals surface area contributed by atoms with Crippen LogP contribution < -0.4 is 5.32 Å². The highest BCUT2D eigenvalue weighted by molar-refractivity contribution is 5.79. The summed E-state index contributed by atoms with van der Waals surface area (Å²) in [7, 11) is 4.01. The van der Waals surface area contributed by atoms with Crippen LogP contribution in [0.3, 0.4) is 0 Å². The van der Waals surface area contributed by atoms with Gasteiger partial charge in [0.05, 0.1) is 19.3 Å². The largest absolute Gasteiger partial charge is 0.379 e. The predicted octanol–water partition coefficient (Wildman–Crippen LogP) is 2.28. The zero-order chi connectivity index (χ0) is 16.3. The normalized spacial score (nSPS) is 18.2. The van der Waals surface area contributed by atoms with Crippen LogP contribution in [0, 0.1) is 0 Å². The Morgan fingerprint density at radius 1 is 1.35 bits per heavy atom. The lowest BCUT2D eigenvalue weighted by Crippen LogP contribution is -2.37. The second kappa shape index (κ2) is 10.2. The van der Waals surface area contributed by atoms with Crippen molar-refractivity contribution in [1.29, 1.82) is 0 Å². The maximum absolute atomic E-state index is 5.67. The van der Waals surface area contributed by atoms with Crippen LogP contribution in [0.15, 0.2) is 35.3 Å². The number of rotatable bonds is 8. The fourth-order valence-electron chi connectivity index (χ4n) is 2.47. The molecule has 0 spiro atoms. The van der Waals surface area contributed by atoms with E-state index in [4.69, 9.17) is 9.47 Å². The van der Waals surface area contributed by atoms with Crippen molar-refractivity contribution in [1.82, 2.24) is 10.2 Å². The molecule has 0 bridgehead atoms. The first kappa shape index (κ1) is 17.8. The number of hydrogen-bond acceptors (Lipinski definition) is 3. The van der Waals surface area contributed by atoms with Gasteiger partial charge < -0.3 is 19.7 Å². The molecule has 1 unspecified atom stereocenters. The van der Waals surface area contributed by atoms with Crippen LogP contribution in [0.4, 0.5) is 0 Å². The van der Waals surface area contributed by atoms with Gasteiger partial charge >= 0.3 is 0 Å². The van der Waals surface area contributed by atoms with Gasteiger partial charge in [0, 0.05) is 33.9 Å². The summed E-state index contributed by atoms with van der Waals surface area (Å²) >= 11 is 0. The van der Waals surface area contributed by atoms with Gasteiger partial charge in [-0.25, -0.2) is 4.99 Å². The van der Waals surface area contributed by atoms with Crippen LogP contribution >= 0.6 is 0 Å². The van der Waals surface area contributed by atoms with Crippen LogP contribution in [0.1, 0.15) is 24.8 Å². The molecule has 128 valence electrons. The van der Waals surface area contributed by atoms with Crippen LogP contribution in [-0.4, -0.2) is 57.4 Å². The SMILES string of the molecule is CN(C)C(=NCc1ccccc1)NCCCOCC1CCCO1. The number of nitrogens with one attached hydrogen (secondary N) is 1. The molecular weight excluding hydrogens is 290 g/mol. The van der Waals surface area contributed by atoms with Crippen molar-refractivity contribution < 1.29 is 9.47 Å². The van der Waals surface area contributed by atoms with Crippen molar-refractivity contribution in [3.8, 4) is 0 Å². The predicted molar refractivity (Wildman–Crippen MR) is 93.7 cm³/mol. The maximum atomic E-state index is 5.67. The number of ether oxygens (including phenoxy) is 2. The molecule has 23 heavy (non-hydrogen) atoms. The van der Waals surface area contributed by atoms with E-state index in [0.29, 0.717) is 12.6 Å². The van der Waals surface area contributed by atoms with Gasteiger partial charge in [-0.1, -0.05) is 30.3 Å². The molecule has 0 radical (unpaired) electrons. The molecular formula is C18H29N3O2. The Bertz CT molecular complexity index is 457. The number of benzene rings is 1. The molecule has 1 aliphatic rings. The Kier molecular flexibility index (Phi) is 7.90. The summed E-state index contributed by atoms with van der Waals surface area (Å²) in [4.78, 5) is 6.66. The Balaban J connectivity index is 1.62. The molecule has 1 aliphatic heterocycles. The van der Waals surface area contributed by atoms with E-state index in [-0.39, 0.29) is 0 Å². The van der Waals surface area contributed by atoms with Gasteiger partial charge in [-0.2, -0.15) is 0 Å². The lowest BCUT2D eigenvalue weighted by atomic mass is 10.2. The van der Waals surface area contributed by atoms with Gasteiger partial charge in [0.1, 0.15) is 0 Å². The Labute approximate surface area is 139 Å². The van der Waals surface area contributed by atoms with E-state index in [9.17, 15) is 0 Å². The highest BCUT2D eigenvalue weighted by atomic mass is 16.5. The van der Waals surface area contributed by atoms with Crippen molar-refractivity contribution in [2.24, 2.45) is 4.99 Å². The van der Waals surface area contributed by atoms with Crippen LogP contribution in [0.25, 0.3) is 0 Å². The first-order valence-electron chi connectivity index (χ1n) is 8.44. The summed E-state index contributed by atoms with van der Waals surface area (Å²) in [6.45, 7) is 3.92. The third kappa shape index (κ3) is 7.01. The van der Waals surface area contributed by atoms with Gasteiger partial charge in [0.15, 0.2) is 5.96 Å². The molecule has 5 heteroatoms. The summed E-state index contributed by atoms with van der Waals surface area (Å²) in [5.74, 6) is 0.910. The lowest BCUT2D eigenvalue weighted by molar-refractivity contribution is 0.0168. The van der Waals surface area contributed by atoms with Crippen LogP contribution in [0.2, 0.25) is 0 Å². The van der Waals surface area contributed by atoms with Crippen LogP contribution in [0.5, 0.6) is 0 Å². The zero-order valence-electron chi connectivity index (χ0n) is 14.3. The molecule has 1 aromatic rings. The molecule has 1 fully saturated rings. The molecule has 1 aromatic carbocycles. The van der Waals surface area contributed by atoms with Crippen molar-refractivity contribution in [2.45, 2.75) is 31.9 Å². The smallest absolute Gasteiger partial charge is 0.193 e. The molecule has 1 heterocycles. The summed E-state index contributed by atoms with van der Waals surface area (Å²) in [5, 5.41) is 3.38. The molecule has 0 aliphatic carbocycles. The van der Waals surface area contributed by atoms with E-state index in [1.54, 1.807) is 0 Å². The molecule has 0 aromatic heterocycles. The van der Waals surface area contributed by atoms with E-state index < -0.39 is 0 Å². The fraction of sp³-hybridized carbons (Fsp3) is 0.611. The minimum Gasteiger partial charge on any atom is -0.379 e. The van der Waals surface area contributed by atoms with Gasteiger partial charge in [-0.3, -0.25) is 0 Å². The lowest BCUT2D eigenvalue weighted by Gasteiger charge is -2.18. The maximum Gasteiger partial charge on any atom is 0.193 e. The third-order valence-electron chi connectivity index (χ3n) is 3.75. The summed E-state index contributed by atoms with van der Waals surface area (Å²) in [5.41, 5.74) is 1.22. The fourth-order valence-corrected chi connectivity index (χ4v) is 2.47. The molecule has 1 saturated heterocycles. The average Bonchev–Trinajstić information content (AvgIpc) is 3.07. The molecule has 0 saturated carbocycles. The van der Waals surface area contributed by atoms with Gasteiger partial charge in [0.25, 0.3) is 0 Å². The molecule has 1 atom stereocenters. The van der Waals surface area contributed by atoms with Crippen molar-refractivity contribution >= 4 is 5.96 Å². The number of aliphatic imine (C=N–C) groups is 1. The molecule has 0 amide bonds. The minimum atomic E-state index is 0.313. The summed E-state index contributed by atoms with van der Waals surface area (Å²) in [6.07, 6.45) is 3.58. The van der Waals surface area contributed by atoms with E-state index in [1.807, 2.05) is 37.2 Å². The van der Waals surface area contributed by atoms with E-state index in [1.165, 1.54) is 12.0 Å². The highest BCUT2D eigenvalue weighted by Gasteiger charge is 2.14. The molecule has 1 N–H and O–H groups in total. The first-order chi connectivity index (χ1) is 11.3. The quantitative estimate of drug-likeness (QED) is 0.454. The number of guanidine groups is 1. The minimum absolute atomic E-state index is 0.313. The number of nitrogens with zero attached hydrogens (tertiary/aromatic N) is 2. The summed E-state index contributed by atoms with van der Waals surface area (Å²) < 4.78 is 11.2. The van der Waals surface area contributed by atoms with E-state index >= 15 is 0 Å². The Hall–Kier alpha value is -1.59. The van der Waals surface area contributed by atoms with Gasteiger partial charge in [0.2, 0.25) is 0 Å². The van der Waals surface area contributed by atoms with E-state index in [2.05, 4.69) is 22.4 Å². The summed E-state index contributed by atoms with van der Waals surface area (Å²) in [6, 6.07) is 10.3. The first-order valence-corrected chi connectivity index (χ1v) is 8.44. The van der Waals surface area contributed by atoms with Crippen LogP contribution in [-0.2, 0) is 16.0 Å². The van der Waals surface area contributed by atoms with Gasteiger partial charge in [-0.05, 0) is 24.8 Å². The van der Waals surface area contributed by atoms with Crippen molar-refractivity contribution in [2.75, 3.05) is 40.5 Å². The number of hydrogen-bond donors (Lipinski definition) is 1. The second-order valence-electron chi connectivity index (χ2n) is 6.01. The zero-order valence-corrected chi connectivity index (χ0v) is 14.3. The molecule has 2 rings (SSSR count). The Morgan fingerprint density at radius 2 is 2.17 bits per heavy atom. The van der Waals surface area contributed by atoms with Gasteiger partial charge in [-0.15, -0.1) is 0 Å². The van der Waals surface area contributed by atoms with Crippen molar-refractivity contribution in [3.05, 3.63) is 35.9 Å². The highest BCUT2D eigenvalue weighted by Crippen LogP contribution is 2.11. The van der Waals surface area contributed by atoms with Crippen molar-refractivity contribution in [3.63, 3.8) is 0 Å². The second-order valence-corrected chi connectivity index (χ2v) is 6.01. The average molecular weight is 319 g/mol. The standard InChI is InChI=1S/C18H29N3O2/c1-21(2)18(20-14-16-8-4-3-5-9-16)19-11-7-12-22-15-17-10-6-13-23-17/h3-5,8-9,17H,6-7,10-15H2,1-2H3,(H,19,20). The third-order valence-corrected chi connectivity index (χ3v) is 3.75.